The van der Waals surface area contributed by atoms with Crippen molar-refractivity contribution in [1.29, 1.82) is 0 Å². The Morgan fingerprint density at radius 2 is 1.89 bits per heavy atom. The van der Waals surface area contributed by atoms with Crippen LogP contribution in [0.1, 0.15) is 36.5 Å². The quantitative estimate of drug-likeness (QED) is 0.310. The normalized spacial score (nSPS) is 11.2. The number of rotatable bonds is 10. The monoisotopic (exact) mass is 512 g/mol. The third-order valence-corrected chi connectivity index (χ3v) is 5.43. The first-order valence-corrected chi connectivity index (χ1v) is 11.3. The van der Waals surface area contributed by atoms with Gasteiger partial charge in [0.25, 0.3) is 6.43 Å². The van der Waals surface area contributed by atoms with Crippen LogP contribution in [0.5, 0.6) is 5.88 Å². The van der Waals surface area contributed by atoms with Gasteiger partial charge in [-0.15, -0.1) is 0 Å². The second-order valence-corrected chi connectivity index (χ2v) is 8.16. The Hall–Kier alpha value is -4.48. The van der Waals surface area contributed by atoms with E-state index in [9.17, 15) is 18.0 Å². The number of nitrogen functional groups attached to an aromatic ring is 1. The smallest absolute Gasteiger partial charge is 0.303 e. The molecule has 12 heteroatoms. The summed E-state index contributed by atoms with van der Waals surface area (Å²) in [5.74, 6) is -0.988. The molecule has 192 valence electrons. The maximum absolute atomic E-state index is 13.6. The third kappa shape index (κ3) is 6.21. The Bertz CT molecular complexity index is 1410. The van der Waals surface area contributed by atoms with Crippen LogP contribution in [-0.2, 0) is 17.9 Å². The average molecular weight is 512 g/mol. The fourth-order valence-corrected chi connectivity index (χ4v) is 3.81. The first kappa shape index (κ1) is 25.6. The van der Waals surface area contributed by atoms with Gasteiger partial charge in [-0.05, 0) is 55.3 Å². The zero-order valence-corrected chi connectivity index (χ0v) is 19.7. The topological polar surface area (TPSA) is 129 Å². The number of nitrogens with zero attached hydrogens (tertiary/aromatic N) is 5. The molecule has 0 radical (unpaired) electrons. The number of hydrogen-bond acceptors (Lipinski definition) is 7. The number of carboxylic acid groups (broad SMARTS) is 1. The summed E-state index contributed by atoms with van der Waals surface area (Å²) in [4.78, 5) is 27.5. The van der Waals surface area contributed by atoms with Gasteiger partial charge in [0.2, 0.25) is 11.8 Å². The minimum absolute atomic E-state index is 0.0000367. The van der Waals surface area contributed by atoms with Gasteiger partial charge in [-0.25, -0.2) is 23.1 Å². The molecule has 3 heterocycles. The number of aromatic nitrogens is 5. The van der Waals surface area contributed by atoms with Gasteiger partial charge in [-0.3, -0.25) is 9.78 Å². The minimum Gasteiger partial charge on any atom is -0.481 e. The third-order valence-electron chi connectivity index (χ3n) is 5.43. The van der Waals surface area contributed by atoms with Crippen LogP contribution < -0.4 is 10.5 Å². The van der Waals surface area contributed by atoms with E-state index in [0.717, 1.165) is 0 Å². The molecule has 0 aliphatic heterocycles. The van der Waals surface area contributed by atoms with E-state index in [1.807, 2.05) is 0 Å². The van der Waals surface area contributed by atoms with E-state index in [-0.39, 0.29) is 36.1 Å². The van der Waals surface area contributed by atoms with Gasteiger partial charge in [0, 0.05) is 36.6 Å². The molecule has 0 fully saturated rings. The van der Waals surface area contributed by atoms with Crippen molar-refractivity contribution >= 4 is 11.9 Å². The average Bonchev–Trinajstić information content (AvgIpc) is 3.29. The Balaban J connectivity index is 1.77. The van der Waals surface area contributed by atoms with Gasteiger partial charge in [-0.2, -0.15) is 4.98 Å². The summed E-state index contributed by atoms with van der Waals surface area (Å²) in [6, 6.07) is 8.28. The SMILES string of the molecule is Cc1cc(-c2c(OCc3nccn3CCCC(=O)O)nc(N)nc2-c2ccc(F)cc2)cc(C(F)F)n1. The molecular weight excluding hydrogens is 489 g/mol. The van der Waals surface area contributed by atoms with Gasteiger partial charge in [0.1, 0.15) is 23.9 Å². The van der Waals surface area contributed by atoms with Crippen LogP contribution in [-0.4, -0.2) is 35.6 Å². The number of hydrogen-bond donors (Lipinski definition) is 2. The summed E-state index contributed by atoms with van der Waals surface area (Å²) in [7, 11) is 0. The summed E-state index contributed by atoms with van der Waals surface area (Å²) < 4.78 is 48.5. The molecule has 0 unspecified atom stereocenters. The maximum atomic E-state index is 13.6. The maximum Gasteiger partial charge on any atom is 0.303 e. The summed E-state index contributed by atoms with van der Waals surface area (Å²) in [6.45, 7) is 1.92. The molecule has 4 rings (SSSR count). The van der Waals surface area contributed by atoms with E-state index >= 15 is 0 Å². The number of anilines is 1. The first-order chi connectivity index (χ1) is 17.7. The van der Waals surface area contributed by atoms with Crippen LogP contribution in [0, 0.1) is 12.7 Å². The standard InChI is InChI=1S/C25H23F3N6O3/c1-14-11-16(12-18(31-14)23(27)28)21-22(15-4-6-17(26)7-5-15)32-25(29)33-24(21)37-13-19-30-8-10-34(19)9-2-3-20(35)36/h4-8,10-12,23H,2-3,9,13H2,1H3,(H,35,36)(H2,29,32,33). The fraction of sp³-hybridized carbons (Fsp3) is 0.240. The number of aryl methyl sites for hydroxylation is 2. The Labute approximate surface area is 209 Å². The van der Waals surface area contributed by atoms with Gasteiger partial charge >= 0.3 is 5.97 Å². The lowest BCUT2D eigenvalue weighted by molar-refractivity contribution is -0.137. The number of aliphatic carboxylic acids is 1. The number of pyridine rings is 1. The van der Waals surface area contributed by atoms with Crippen molar-refractivity contribution < 1.29 is 27.8 Å². The van der Waals surface area contributed by atoms with Crippen molar-refractivity contribution in [2.24, 2.45) is 0 Å². The van der Waals surface area contributed by atoms with Crippen molar-refractivity contribution in [3.8, 4) is 28.3 Å². The van der Waals surface area contributed by atoms with E-state index in [4.69, 9.17) is 15.6 Å². The molecule has 0 bridgehead atoms. The zero-order chi connectivity index (χ0) is 26.5. The molecule has 3 N–H and O–H groups in total. The molecule has 0 amide bonds. The van der Waals surface area contributed by atoms with Gasteiger partial charge < -0.3 is 20.1 Å². The highest BCUT2D eigenvalue weighted by molar-refractivity contribution is 5.85. The highest BCUT2D eigenvalue weighted by atomic mass is 19.3. The van der Waals surface area contributed by atoms with Crippen LogP contribution in [0.25, 0.3) is 22.4 Å². The molecule has 0 spiro atoms. The summed E-state index contributed by atoms with van der Waals surface area (Å²) in [6.07, 6.45) is 0.831. The van der Waals surface area contributed by atoms with Gasteiger partial charge in [0.05, 0.1) is 11.3 Å². The summed E-state index contributed by atoms with van der Waals surface area (Å²) in [5.41, 5.74) is 7.21. The summed E-state index contributed by atoms with van der Waals surface area (Å²) in [5, 5.41) is 8.89. The number of ether oxygens (including phenoxy) is 1. The lowest BCUT2D eigenvalue weighted by Gasteiger charge is -2.17. The lowest BCUT2D eigenvalue weighted by atomic mass is 9.99. The number of benzene rings is 1. The lowest BCUT2D eigenvalue weighted by Crippen LogP contribution is -2.10. The predicted octanol–water partition coefficient (Wildman–Crippen LogP) is 4.81. The van der Waals surface area contributed by atoms with Gasteiger partial charge in [-0.1, -0.05) is 0 Å². The molecule has 0 saturated carbocycles. The molecule has 0 atom stereocenters. The zero-order valence-electron chi connectivity index (χ0n) is 19.7. The molecule has 3 aromatic heterocycles. The van der Waals surface area contributed by atoms with Crippen LogP contribution in [0.4, 0.5) is 19.1 Å². The molecule has 4 aromatic rings. The van der Waals surface area contributed by atoms with Crippen molar-refractivity contribution in [2.45, 2.75) is 39.3 Å². The number of imidazole rings is 1. The molecule has 1 aromatic carbocycles. The number of carboxylic acids is 1. The second-order valence-electron chi connectivity index (χ2n) is 8.16. The highest BCUT2D eigenvalue weighted by Crippen LogP contribution is 2.39. The first-order valence-electron chi connectivity index (χ1n) is 11.3. The highest BCUT2D eigenvalue weighted by Gasteiger charge is 2.22. The van der Waals surface area contributed by atoms with Crippen molar-refractivity contribution in [3.63, 3.8) is 0 Å². The van der Waals surface area contributed by atoms with Gasteiger partial charge in [0.15, 0.2) is 0 Å². The van der Waals surface area contributed by atoms with Crippen LogP contribution in [0.2, 0.25) is 0 Å². The Morgan fingerprint density at radius 1 is 1.14 bits per heavy atom. The van der Waals surface area contributed by atoms with Crippen LogP contribution in [0.15, 0.2) is 48.8 Å². The van der Waals surface area contributed by atoms with E-state index in [2.05, 4.69) is 19.9 Å². The second kappa shape index (κ2) is 11.1. The number of halogens is 3. The molecular formula is C25H23F3N6O3. The number of nitrogens with two attached hydrogens (primary N) is 1. The number of carbonyl (C=O) groups is 1. The minimum atomic E-state index is -2.81. The van der Waals surface area contributed by atoms with E-state index in [1.54, 1.807) is 30.0 Å². The van der Waals surface area contributed by atoms with Crippen molar-refractivity contribution in [3.05, 3.63) is 71.8 Å². The number of alkyl halides is 2. The molecule has 0 saturated heterocycles. The largest absolute Gasteiger partial charge is 0.481 e. The molecule has 37 heavy (non-hydrogen) atoms. The molecule has 0 aliphatic carbocycles. The van der Waals surface area contributed by atoms with Crippen LogP contribution in [0.3, 0.4) is 0 Å². The predicted molar refractivity (Wildman–Crippen MR) is 128 cm³/mol. The molecule has 9 nitrogen and oxygen atoms in total. The van der Waals surface area contributed by atoms with Crippen molar-refractivity contribution in [1.82, 2.24) is 24.5 Å². The Morgan fingerprint density at radius 3 is 2.59 bits per heavy atom. The Kier molecular flexibility index (Phi) is 7.66. The molecule has 0 aliphatic rings. The van der Waals surface area contributed by atoms with Crippen molar-refractivity contribution in [2.75, 3.05) is 5.73 Å². The van der Waals surface area contributed by atoms with Crippen LogP contribution >= 0.6 is 0 Å². The van der Waals surface area contributed by atoms with E-state index < -0.39 is 23.9 Å². The van der Waals surface area contributed by atoms with E-state index in [0.29, 0.717) is 35.6 Å². The summed E-state index contributed by atoms with van der Waals surface area (Å²) >= 11 is 0. The van der Waals surface area contributed by atoms with E-state index in [1.165, 1.54) is 30.3 Å². The fourth-order valence-electron chi connectivity index (χ4n) is 3.81.